The molecule has 1 N–H and O–H groups in total. The fourth-order valence-electron chi connectivity index (χ4n) is 2.25. The first-order valence-electron chi connectivity index (χ1n) is 7.43. The predicted octanol–water partition coefficient (Wildman–Crippen LogP) is 3.85. The lowest BCUT2D eigenvalue weighted by molar-refractivity contribution is 0.00578. The average Bonchev–Trinajstić information content (AvgIpc) is 2.67. The summed E-state index contributed by atoms with van der Waals surface area (Å²) in [5.41, 5.74) is -0.100. The quantitative estimate of drug-likeness (QED) is 0.665. The van der Waals surface area contributed by atoms with E-state index in [2.05, 4.69) is 5.32 Å². The van der Waals surface area contributed by atoms with Gasteiger partial charge in [-0.3, -0.25) is 0 Å². The predicted molar refractivity (Wildman–Crippen MR) is 89.4 cm³/mol. The van der Waals surface area contributed by atoms with Gasteiger partial charge in [-0.1, -0.05) is 17.7 Å². The highest BCUT2D eigenvalue weighted by Gasteiger charge is 2.52. The van der Waals surface area contributed by atoms with Crippen molar-refractivity contribution in [2.75, 3.05) is 13.6 Å². The van der Waals surface area contributed by atoms with Crippen molar-refractivity contribution in [2.45, 2.75) is 38.9 Å². The summed E-state index contributed by atoms with van der Waals surface area (Å²) >= 11 is 5.64. The van der Waals surface area contributed by atoms with Crippen LogP contribution < -0.4 is 5.32 Å². The zero-order valence-corrected chi connectivity index (χ0v) is 14.7. The summed E-state index contributed by atoms with van der Waals surface area (Å²) in [5, 5.41) is 2.49. The molecule has 2 rings (SSSR count). The first kappa shape index (κ1) is 18.4. The van der Waals surface area contributed by atoms with Gasteiger partial charge in [-0.25, -0.2) is 8.78 Å². The average molecular weight is 344 g/mol. The molecule has 1 aliphatic rings. The molecule has 3 nitrogen and oxygen atoms in total. The van der Waals surface area contributed by atoms with Gasteiger partial charge < -0.3 is 14.6 Å². The molecule has 0 bridgehead atoms. The molecule has 0 spiro atoms. The highest BCUT2D eigenvalue weighted by Crippen LogP contribution is 2.39. The molecule has 0 saturated carbocycles. The Bertz CT molecular complexity index is 619. The van der Waals surface area contributed by atoms with E-state index in [9.17, 15) is 8.78 Å². The Morgan fingerprint density at radius 3 is 2.30 bits per heavy atom. The van der Waals surface area contributed by atoms with Crippen molar-refractivity contribution >= 4 is 24.8 Å². The third-order valence-electron chi connectivity index (χ3n) is 4.34. The van der Waals surface area contributed by atoms with Gasteiger partial charge in [0, 0.05) is 12.1 Å². The van der Waals surface area contributed by atoms with Crippen LogP contribution in [0.5, 0.6) is 0 Å². The molecule has 7 heteroatoms. The number of likely N-dealkylation sites (N-methyl/N-ethyl adjacent to an activating group) is 1. The molecule has 126 valence electrons. The van der Waals surface area contributed by atoms with Crippen molar-refractivity contribution in [3.05, 3.63) is 39.8 Å². The molecule has 0 aromatic heterocycles. The zero-order chi connectivity index (χ0) is 17.4. The van der Waals surface area contributed by atoms with Crippen LogP contribution in [0, 0.1) is 11.6 Å². The van der Waals surface area contributed by atoms with Crippen molar-refractivity contribution < 1.29 is 18.1 Å². The van der Waals surface area contributed by atoms with Crippen LogP contribution in [0.1, 0.15) is 33.3 Å². The maximum Gasteiger partial charge on any atom is 0.491 e. The summed E-state index contributed by atoms with van der Waals surface area (Å²) in [7, 11) is 1.16. The molecule has 0 unspecified atom stereocenters. The molecule has 1 saturated heterocycles. The fraction of sp³-hybridized carbons (Fsp3) is 0.500. The monoisotopic (exact) mass is 343 g/mol. The van der Waals surface area contributed by atoms with Crippen LogP contribution in [0.15, 0.2) is 17.6 Å². The molecule has 0 atom stereocenters. The second-order valence-corrected chi connectivity index (χ2v) is 6.98. The number of nitrogens with one attached hydrogen (secondary N) is 1. The summed E-state index contributed by atoms with van der Waals surface area (Å²) in [4.78, 5) is 0. The van der Waals surface area contributed by atoms with Crippen LogP contribution in [0.4, 0.5) is 8.78 Å². The standard InChI is InChI=1S/C16H21BClF2NO2/c1-15(2)16(3,4)23-17(22-15)11(9-21-5)8-10-6-7-12(19)13(18)14(10)20/h6-8,21H,9H2,1-5H3. The van der Waals surface area contributed by atoms with E-state index in [0.29, 0.717) is 12.0 Å². The van der Waals surface area contributed by atoms with Crippen LogP contribution in [0.25, 0.3) is 6.08 Å². The normalized spacial score (nSPS) is 20.2. The lowest BCUT2D eigenvalue weighted by Gasteiger charge is -2.32. The lowest BCUT2D eigenvalue weighted by Crippen LogP contribution is -2.41. The Kier molecular flexibility index (Phi) is 5.21. The minimum absolute atomic E-state index is 0.191. The number of hydrogen-bond donors (Lipinski definition) is 1. The fourth-order valence-corrected chi connectivity index (χ4v) is 2.43. The second kappa shape index (κ2) is 6.51. The summed E-state index contributed by atoms with van der Waals surface area (Å²) < 4.78 is 39.4. The summed E-state index contributed by atoms with van der Waals surface area (Å²) in [6, 6.07) is 2.48. The van der Waals surface area contributed by atoms with Crippen molar-refractivity contribution in [2.24, 2.45) is 0 Å². The largest absolute Gasteiger partial charge is 0.491 e. The molecule has 1 aliphatic heterocycles. The van der Waals surface area contributed by atoms with Gasteiger partial charge in [0.2, 0.25) is 0 Å². The van der Waals surface area contributed by atoms with Gasteiger partial charge in [0.25, 0.3) is 0 Å². The minimum atomic E-state index is -0.795. The highest BCUT2D eigenvalue weighted by atomic mass is 35.5. The number of halogens is 3. The van der Waals surface area contributed by atoms with E-state index in [1.54, 1.807) is 13.1 Å². The van der Waals surface area contributed by atoms with Crippen LogP contribution >= 0.6 is 11.6 Å². The molecular weight excluding hydrogens is 322 g/mol. The van der Waals surface area contributed by atoms with Crippen molar-refractivity contribution in [1.82, 2.24) is 5.32 Å². The van der Waals surface area contributed by atoms with E-state index in [1.165, 1.54) is 6.07 Å². The van der Waals surface area contributed by atoms with Gasteiger partial charge in [-0.15, -0.1) is 0 Å². The summed E-state index contributed by atoms with van der Waals surface area (Å²) in [5.74, 6) is -1.58. The van der Waals surface area contributed by atoms with Gasteiger partial charge >= 0.3 is 7.12 Å². The maximum atomic E-state index is 14.1. The molecular formula is C16H21BClF2NO2. The Labute approximate surface area is 141 Å². The Hall–Kier alpha value is -0.945. The lowest BCUT2D eigenvalue weighted by atomic mass is 9.77. The van der Waals surface area contributed by atoms with E-state index in [0.717, 1.165) is 6.07 Å². The van der Waals surface area contributed by atoms with Crippen LogP contribution in [0.2, 0.25) is 5.02 Å². The Morgan fingerprint density at radius 1 is 1.22 bits per heavy atom. The van der Waals surface area contributed by atoms with E-state index in [4.69, 9.17) is 20.9 Å². The number of hydrogen-bond acceptors (Lipinski definition) is 3. The van der Waals surface area contributed by atoms with Crippen molar-refractivity contribution in [3.63, 3.8) is 0 Å². The van der Waals surface area contributed by atoms with Gasteiger partial charge in [-0.05, 0) is 52.3 Å². The first-order valence-corrected chi connectivity index (χ1v) is 7.81. The molecule has 1 aromatic rings. The molecule has 23 heavy (non-hydrogen) atoms. The second-order valence-electron chi connectivity index (χ2n) is 6.60. The zero-order valence-electron chi connectivity index (χ0n) is 14.0. The third kappa shape index (κ3) is 3.60. The minimum Gasteiger partial charge on any atom is -0.400 e. The molecule has 1 heterocycles. The van der Waals surface area contributed by atoms with E-state index < -0.39 is 35.0 Å². The first-order chi connectivity index (χ1) is 10.6. The van der Waals surface area contributed by atoms with Crippen LogP contribution in [0.3, 0.4) is 0 Å². The summed E-state index contributed by atoms with van der Waals surface area (Å²) in [6.45, 7) is 8.21. The maximum absolute atomic E-state index is 14.1. The SMILES string of the molecule is CNCC(=Cc1ccc(F)c(Cl)c1F)B1OC(C)(C)C(C)(C)O1. The van der Waals surface area contributed by atoms with Gasteiger partial charge in [0.15, 0.2) is 5.82 Å². The highest BCUT2D eigenvalue weighted by molar-refractivity contribution is 6.56. The van der Waals surface area contributed by atoms with Crippen LogP contribution in [-0.2, 0) is 9.31 Å². The van der Waals surface area contributed by atoms with Gasteiger partial charge in [0.1, 0.15) is 10.8 Å². The van der Waals surface area contributed by atoms with E-state index in [-0.39, 0.29) is 5.56 Å². The van der Waals surface area contributed by atoms with Crippen molar-refractivity contribution in [3.8, 4) is 0 Å². The number of rotatable bonds is 4. The van der Waals surface area contributed by atoms with Gasteiger partial charge in [0.05, 0.1) is 11.2 Å². The van der Waals surface area contributed by atoms with E-state index in [1.807, 2.05) is 27.7 Å². The third-order valence-corrected chi connectivity index (χ3v) is 4.69. The van der Waals surface area contributed by atoms with Crippen LogP contribution in [-0.4, -0.2) is 31.9 Å². The molecule has 0 radical (unpaired) electrons. The number of benzene rings is 1. The summed E-state index contributed by atoms with van der Waals surface area (Å²) in [6.07, 6.45) is 1.58. The Balaban J connectivity index is 2.38. The molecule has 1 aromatic carbocycles. The van der Waals surface area contributed by atoms with Crippen molar-refractivity contribution in [1.29, 1.82) is 0 Å². The van der Waals surface area contributed by atoms with Gasteiger partial charge in [-0.2, -0.15) is 0 Å². The molecule has 0 amide bonds. The van der Waals surface area contributed by atoms with E-state index >= 15 is 0 Å². The molecule has 1 fully saturated rings. The topological polar surface area (TPSA) is 30.5 Å². The smallest absolute Gasteiger partial charge is 0.400 e. The Morgan fingerprint density at radius 2 is 1.78 bits per heavy atom. The molecule has 0 aliphatic carbocycles.